The number of hydrogen-bond donors (Lipinski definition) is 1. The van der Waals surface area contributed by atoms with Gasteiger partial charge in [-0.25, -0.2) is 8.42 Å². The van der Waals surface area contributed by atoms with Crippen molar-refractivity contribution < 1.29 is 23.0 Å². The van der Waals surface area contributed by atoms with Crippen molar-refractivity contribution in [2.75, 3.05) is 27.3 Å². The van der Waals surface area contributed by atoms with Crippen LogP contribution in [0.1, 0.15) is 18.6 Å². The van der Waals surface area contributed by atoms with Crippen LogP contribution in [0.15, 0.2) is 29.2 Å². The number of sulfonamides is 1. The van der Waals surface area contributed by atoms with Crippen LogP contribution in [0.3, 0.4) is 0 Å². The van der Waals surface area contributed by atoms with Gasteiger partial charge in [0.15, 0.2) is 0 Å². The molecule has 7 heteroatoms. The second-order valence-electron chi connectivity index (χ2n) is 5.12. The SMILES string of the molecule is COC1CN(S(=O)(=O)c2ccc(C(C)O)cc2)CC1OC. The van der Waals surface area contributed by atoms with Crippen LogP contribution in [0.2, 0.25) is 0 Å². The molecule has 0 aliphatic carbocycles. The van der Waals surface area contributed by atoms with E-state index in [4.69, 9.17) is 9.47 Å². The number of hydrogen-bond acceptors (Lipinski definition) is 5. The third-order valence-corrected chi connectivity index (χ3v) is 5.63. The molecule has 1 heterocycles. The van der Waals surface area contributed by atoms with Crippen molar-refractivity contribution in [3.8, 4) is 0 Å². The third-order valence-electron chi connectivity index (χ3n) is 3.79. The molecule has 3 unspecified atom stereocenters. The van der Waals surface area contributed by atoms with E-state index in [0.717, 1.165) is 0 Å². The fraction of sp³-hybridized carbons (Fsp3) is 0.571. The average molecular weight is 315 g/mol. The van der Waals surface area contributed by atoms with E-state index in [1.807, 2.05) is 0 Å². The molecule has 0 spiro atoms. The maximum absolute atomic E-state index is 12.6. The summed E-state index contributed by atoms with van der Waals surface area (Å²) in [4.78, 5) is 0.207. The fourth-order valence-corrected chi connectivity index (χ4v) is 3.89. The van der Waals surface area contributed by atoms with Crippen LogP contribution in [0.4, 0.5) is 0 Å². The van der Waals surface area contributed by atoms with Gasteiger partial charge in [-0.05, 0) is 24.6 Å². The van der Waals surface area contributed by atoms with E-state index >= 15 is 0 Å². The van der Waals surface area contributed by atoms with Crippen molar-refractivity contribution in [2.24, 2.45) is 0 Å². The molecule has 118 valence electrons. The number of methoxy groups -OCH3 is 2. The second-order valence-corrected chi connectivity index (χ2v) is 7.05. The number of nitrogens with zero attached hydrogens (tertiary/aromatic N) is 1. The standard InChI is InChI=1S/C14H21NO5S/c1-10(16)11-4-6-12(7-5-11)21(17,18)15-8-13(19-2)14(9-15)20-3/h4-7,10,13-14,16H,8-9H2,1-3H3. The van der Waals surface area contributed by atoms with Crippen LogP contribution >= 0.6 is 0 Å². The zero-order valence-corrected chi connectivity index (χ0v) is 13.2. The van der Waals surface area contributed by atoms with Crippen molar-refractivity contribution in [1.82, 2.24) is 4.31 Å². The van der Waals surface area contributed by atoms with E-state index in [9.17, 15) is 13.5 Å². The van der Waals surface area contributed by atoms with Gasteiger partial charge in [-0.1, -0.05) is 12.1 Å². The smallest absolute Gasteiger partial charge is 0.243 e. The van der Waals surface area contributed by atoms with E-state index < -0.39 is 16.1 Å². The van der Waals surface area contributed by atoms with E-state index in [2.05, 4.69) is 0 Å². The Balaban J connectivity index is 2.22. The molecule has 2 rings (SSSR count). The molecule has 1 aliphatic heterocycles. The Morgan fingerprint density at radius 2 is 1.62 bits per heavy atom. The van der Waals surface area contributed by atoms with Crippen molar-refractivity contribution in [2.45, 2.75) is 30.1 Å². The van der Waals surface area contributed by atoms with Gasteiger partial charge in [-0.15, -0.1) is 0 Å². The van der Waals surface area contributed by atoms with E-state index in [-0.39, 0.29) is 30.2 Å². The molecule has 1 aromatic carbocycles. The van der Waals surface area contributed by atoms with Gasteiger partial charge in [0, 0.05) is 27.3 Å². The highest BCUT2D eigenvalue weighted by molar-refractivity contribution is 7.89. The van der Waals surface area contributed by atoms with E-state index in [1.165, 1.54) is 16.4 Å². The van der Waals surface area contributed by atoms with Crippen molar-refractivity contribution >= 4 is 10.0 Å². The molecule has 0 bridgehead atoms. The molecular formula is C14H21NO5S. The third kappa shape index (κ3) is 3.27. The summed E-state index contributed by atoms with van der Waals surface area (Å²) in [6, 6.07) is 6.27. The Kier molecular flexibility index (Phi) is 5.00. The fourth-order valence-electron chi connectivity index (χ4n) is 2.43. The van der Waals surface area contributed by atoms with Crippen LogP contribution in [-0.4, -0.2) is 57.3 Å². The highest BCUT2D eigenvalue weighted by Gasteiger charge is 2.39. The van der Waals surface area contributed by atoms with Gasteiger partial charge in [0.25, 0.3) is 0 Å². The van der Waals surface area contributed by atoms with Gasteiger partial charge in [0.2, 0.25) is 10.0 Å². The monoisotopic (exact) mass is 315 g/mol. The summed E-state index contributed by atoms with van der Waals surface area (Å²) < 4.78 is 37.1. The molecule has 1 N–H and O–H groups in total. The van der Waals surface area contributed by atoms with Gasteiger partial charge in [0.05, 0.1) is 23.2 Å². The first-order valence-corrected chi connectivity index (χ1v) is 8.18. The molecule has 1 fully saturated rings. The molecule has 1 aliphatic rings. The van der Waals surface area contributed by atoms with Crippen LogP contribution in [0.25, 0.3) is 0 Å². The number of aliphatic hydroxyl groups is 1. The van der Waals surface area contributed by atoms with Crippen LogP contribution in [0.5, 0.6) is 0 Å². The van der Waals surface area contributed by atoms with E-state index in [0.29, 0.717) is 5.56 Å². The molecule has 0 saturated carbocycles. The van der Waals surface area contributed by atoms with Gasteiger partial charge in [-0.3, -0.25) is 0 Å². The number of ether oxygens (including phenoxy) is 2. The molecule has 0 amide bonds. The predicted octanol–water partition coefficient (Wildman–Crippen LogP) is 0.774. The van der Waals surface area contributed by atoms with Crippen molar-refractivity contribution in [3.05, 3.63) is 29.8 Å². The average Bonchev–Trinajstić information content (AvgIpc) is 2.91. The molecule has 1 aromatic rings. The number of rotatable bonds is 5. The predicted molar refractivity (Wildman–Crippen MR) is 77.4 cm³/mol. The topological polar surface area (TPSA) is 76.1 Å². The maximum atomic E-state index is 12.6. The van der Waals surface area contributed by atoms with Crippen molar-refractivity contribution in [3.63, 3.8) is 0 Å². The maximum Gasteiger partial charge on any atom is 0.243 e. The summed E-state index contributed by atoms with van der Waals surface area (Å²) in [5.74, 6) is 0. The lowest BCUT2D eigenvalue weighted by atomic mass is 10.1. The minimum absolute atomic E-state index is 0.207. The summed E-state index contributed by atoms with van der Waals surface area (Å²) in [5.41, 5.74) is 0.680. The number of aliphatic hydroxyl groups excluding tert-OH is 1. The first-order valence-electron chi connectivity index (χ1n) is 6.74. The van der Waals surface area contributed by atoms with Crippen molar-refractivity contribution in [1.29, 1.82) is 0 Å². The zero-order valence-electron chi connectivity index (χ0n) is 12.4. The Morgan fingerprint density at radius 3 is 2.00 bits per heavy atom. The Labute approximate surface area is 125 Å². The lowest BCUT2D eigenvalue weighted by Gasteiger charge is -2.16. The van der Waals surface area contributed by atoms with Gasteiger partial charge < -0.3 is 14.6 Å². The summed E-state index contributed by atoms with van der Waals surface area (Å²) >= 11 is 0. The zero-order chi connectivity index (χ0) is 15.6. The first kappa shape index (κ1) is 16.4. The highest BCUT2D eigenvalue weighted by Crippen LogP contribution is 2.25. The first-order chi connectivity index (χ1) is 9.90. The largest absolute Gasteiger partial charge is 0.389 e. The van der Waals surface area contributed by atoms with Gasteiger partial charge in [-0.2, -0.15) is 4.31 Å². The van der Waals surface area contributed by atoms with Gasteiger partial charge in [0.1, 0.15) is 0 Å². The van der Waals surface area contributed by atoms with Crippen LogP contribution in [-0.2, 0) is 19.5 Å². The van der Waals surface area contributed by atoms with E-state index in [1.54, 1.807) is 33.3 Å². The van der Waals surface area contributed by atoms with Gasteiger partial charge >= 0.3 is 0 Å². The van der Waals surface area contributed by atoms with Crippen LogP contribution < -0.4 is 0 Å². The summed E-state index contributed by atoms with van der Waals surface area (Å²) in [6.07, 6.45) is -1.15. The highest BCUT2D eigenvalue weighted by atomic mass is 32.2. The molecule has 0 radical (unpaired) electrons. The molecule has 1 saturated heterocycles. The Hall–Kier alpha value is -0.990. The summed E-state index contributed by atoms with van der Waals surface area (Å²) in [6.45, 7) is 2.18. The lowest BCUT2D eigenvalue weighted by Crippen LogP contribution is -2.30. The Morgan fingerprint density at radius 1 is 1.14 bits per heavy atom. The quantitative estimate of drug-likeness (QED) is 0.869. The van der Waals surface area contributed by atoms with Crippen LogP contribution in [0, 0.1) is 0 Å². The lowest BCUT2D eigenvalue weighted by molar-refractivity contribution is -0.00461. The molecule has 6 nitrogen and oxygen atoms in total. The second kappa shape index (κ2) is 6.41. The number of benzene rings is 1. The molecule has 3 atom stereocenters. The summed E-state index contributed by atoms with van der Waals surface area (Å²) in [7, 11) is -0.484. The Bertz CT molecular complexity index is 558. The molecule has 0 aromatic heterocycles. The molecular weight excluding hydrogens is 294 g/mol. The summed E-state index contributed by atoms with van der Waals surface area (Å²) in [5, 5.41) is 9.47. The minimum Gasteiger partial charge on any atom is -0.389 e. The molecule has 21 heavy (non-hydrogen) atoms. The minimum atomic E-state index is -3.58. The normalized spacial score (nSPS) is 25.1.